The molecular weight excluding hydrogens is 272 g/mol. The average Bonchev–Trinajstić information content (AvgIpc) is 2.38. The summed E-state index contributed by atoms with van der Waals surface area (Å²) in [5, 5.41) is 11.9. The molecule has 2 amide bonds. The molecule has 0 aromatic rings. The van der Waals surface area contributed by atoms with Crippen molar-refractivity contribution < 1.29 is 19.5 Å². The fourth-order valence-electron chi connectivity index (χ4n) is 2.02. The summed E-state index contributed by atoms with van der Waals surface area (Å²) in [5.41, 5.74) is -1.14. The van der Waals surface area contributed by atoms with Gasteiger partial charge in [-0.3, -0.25) is 14.4 Å². The van der Waals surface area contributed by atoms with E-state index in [1.165, 1.54) is 0 Å². The Balaban J connectivity index is 4.76. The lowest BCUT2D eigenvalue weighted by Crippen LogP contribution is -2.48. The van der Waals surface area contributed by atoms with Gasteiger partial charge in [-0.1, -0.05) is 13.8 Å². The van der Waals surface area contributed by atoms with Crippen LogP contribution in [0, 0.1) is 11.3 Å². The minimum atomic E-state index is -1.14. The van der Waals surface area contributed by atoms with Crippen molar-refractivity contribution in [2.24, 2.45) is 11.3 Å². The van der Waals surface area contributed by atoms with E-state index in [-0.39, 0.29) is 18.2 Å². The van der Waals surface area contributed by atoms with Crippen LogP contribution in [0.5, 0.6) is 0 Å². The number of hydrogen-bond acceptors (Lipinski definition) is 3. The lowest BCUT2D eigenvalue weighted by molar-refractivity contribution is -0.153. The zero-order valence-corrected chi connectivity index (χ0v) is 13.9. The van der Waals surface area contributed by atoms with Crippen LogP contribution < -0.4 is 5.32 Å². The molecule has 0 spiro atoms. The summed E-state index contributed by atoms with van der Waals surface area (Å²) >= 11 is 0. The van der Waals surface area contributed by atoms with Gasteiger partial charge in [0.2, 0.25) is 11.8 Å². The fourth-order valence-corrected chi connectivity index (χ4v) is 2.02. The number of carbonyl (C=O) groups is 3. The maximum Gasteiger partial charge on any atom is 0.310 e. The predicted molar refractivity (Wildman–Crippen MR) is 80.7 cm³/mol. The molecule has 0 saturated heterocycles. The van der Waals surface area contributed by atoms with Crippen LogP contribution in [-0.2, 0) is 14.4 Å². The molecule has 6 nitrogen and oxygen atoms in total. The molecule has 0 aliphatic heterocycles. The highest BCUT2D eigenvalue weighted by Crippen LogP contribution is 2.31. The van der Waals surface area contributed by atoms with Gasteiger partial charge in [0.15, 0.2) is 0 Å². The van der Waals surface area contributed by atoms with Crippen LogP contribution in [0.3, 0.4) is 0 Å². The number of rotatable bonds is 8. The van der Waals surface area contributed by atoms with Crippen molar-refractivity contribution in [1.82, 2.24) is 10.2 Å². The fraction of sp³-hybridized carbons (Fsp3) is 0.800. The molecule has 2 atom stereocenters. The largest absolute Gasteiger partial charge is 0.481 e. The van der Waals surface area contributed by atoms with E-state index in [0.29, 0.717) is 13.1 Å². The number of aliphatic carboxylic acids is 1. The minimum Gasteiger partial charge on any atom is -0.481 e. The first kappa shape index (κ1) is 19.4. The third-order valence-corrected chi connectivity index (χ3v) is 4.11. The summed E-state index contributed by atoms with van der Waals surface area (Å²) in [7, 11) is 0. The Kier molecular flexibility index (Phi) is 7.39. The molecule has 0 saturated carbocycles. The number of nitrogens with zero attached hydrogens (tertiary/aromatic N) is 1. The third-order valence-electron chi connectivity index (χ3n) is 4.11. The monoisotopic (exact) mass is 300 g/mol. The molecule has 0 aromatic heterocycles. The van der Waals surface area contributed by atoms with Crippen LogP contribution in [0.4, 0.5) is 0 Å². The standard InChI is InChI=1S/C15H28N2O4/c1-7-17(8-2)13(19)11(5)16-12(18)9-15(6,10(3)4)14(20)21/h10-11H,7-9H2,1-6H3,(H,16,18)(H,20,21). The molecule has 0 aliphatic carbocycles. The maximum absolute atomic E-state index is 12.1. The molecule has 6 heteroatoms. The first-order chi connectivity index (χ1) is 9.59. The number of amides is 2. The van der Waals surface area contributed by atoms with Crippen molar-refractivity contribution in [2.75, 3.05) is 13.1 Å². The first-order valence-electron chi connectivity index (χ1n) is 7.41. The Morgan fingerprint density at radius 1 is 1.14 bits per heavy atom. The van der Waals surface area contributed by atoms with E-state index in [1.54, 1.807) is 32.6 Å². The number of hydrogen-bond donors (Lipinski definition) is 2. The van der Waals surface area contributed by atoms with Gasteiger partial charge in [-0.15, -0.1) is 0 Å². The van der Waals surface area contributed by atoms with Gasteiger partial charge in [0.1, 0.15) is 6.04 Å². The second-order valence-corrected chi connectivity index (χ2v) is 5.85. The van der Waals surface area contributed by atoms with Gasteiger partial charge in [0.05, 0.1) is 5.41 Å². The Hall–Kier alpha value is -1.59. The highest BCUT2D eigenvalue weighted by molar-refractivity contribution is 5.89. The molecule has 0 rings (SSSR count). The Morgan fingerprint density at radius 3 is 1.95 bits per heavy atom. The topological polar surface area (TPSA) is 86.7 Å². The lowest BCUT2D eigenvalue weighted by atomic mass is 9.76. The maximum atomic E-state index is 12.1. The third kappa shape index (κ3) is 5.02. The summed E-state index contributed by atoms with van der Waals surface area (Å²) < 4.78 is 0. The number of carboxylic acid groups (broad SMARTS) is 1. The molecule has 0 aromatic carbocycles. The van der Waals surface area contributed by atoms with Gasteiger partial charge in [0.25, 0.3) is 0 Å². The van der Waals surface area contributed by atoms with E-state index in [9.17, 15) is 19.5 Å². The average molecular weight is 300 g/mol. The normalized spacial score (nSPS) is 15.2. The molecule has 2 unspecified atom stereocenters. The van der Waals surface area contributed by atoms with Crippen LogP contribution in [0.2, 0.25) is 0 Å². The molecular formula is C15H28N2O4. The van der Waals surface area contributed by atoms with Crippen LogP contribution in [0.1, 0.15) is 48.0 Å². The van der Waals surface area contributed by atoms with Gasteiger partial charge < -0.3 is 15.3 Å². The smallest absolute Gasteiger partial charge is 0.310 e. The lowest BCUT2D eigenvalue weighted by Gasteiger charge is -2.29. The van der Waals surface area contributed by atoms with E-state index in [2.05, 4.69) is 5.32 Å². The molecule has 2 N–H and O–H groups in total. The highest BCUT2D eigenvalue weighted by atomic mass is 16.4. The molecule has 0 bridgehead atoms. The van der Waals surface area contributed by atoms with Crippen molar-refractivity contribution in [2.45, 2.75) is 54.0 Å². The highest BCUT2D eigenvalue weighted by Gasteiger charge is 2.39. The second kappa shape index (κ2) is 8.00. The van der Waals surface area contributed by atoms with E-state index in [4.69, 9.17) is 0 Å². The summed E-state index contributed by atoms with van der Waals surface area (Å²) in [4.78, 5) is 37.1. The Morgan fingerprint density at radius 2 is 1.62 bits per heavy atom. The summed E-state index contributed by atoms with van der Waals surface area (Å²) in [6.45, 7) is 11.6. The van der Waals surface area contributed by atoms with E-state index in [0.717, 1.165) is 0 Å². The van der Waals surface area contributed by atoms with Crippen LogP contribution in [-0.4, -0.2) is 46.9 Å². The molecule has 0 heterocycles. The van der Waals surface area contributed by atoms with E-state index < -0.39 is 23.3 Å². The Bertz CT molecular complexity index is 391. The summed E-state index contributed by atoms with van der Waals surface area (Å²) in [5.74, 6) is -1.76. The van der Waals surface area contributed by atoms with E-state index >= 15 is 0 Å². The SMILES string of the molecule is CCN(CC)C(=O)C(C)NC(=O)CC(C)(C(=O)O)C(C)C. The molecule has 122 valence electrons. The van der Waals surface area contributed by atoms with Crippen molar-refractivity contribution in [1.29, 1.82) is 0 Å². The second-order valence-electron chi connectivity index (χ2n) is 5.85. The van der Waals surface area contributed by atoms with Crippen LogP contribution in [0.15, 0.2) is 0 Å². The number of nitrogens with one attached hydrogen (secondary N) is 1. The zero-order valence-electron chi connectivity index (χ0n) is 13.9. The number of carbonyl (C=O) groups excluding carboxylic acids is 2. The van der Waals surface area contributed by atoms with Gasteiger partial charge in [-0.25, -0.2) is 0 Å². The first-order valence-corrected chi connectivity index (χ1v) is 7.41. The number of likely N-dealkylation sites (N-methyl/N-ethyl adjacent to an activating group) is 1. The van der Waals surface area contributed by atoms with E-state index in [1.807, 2.05) is 13.8 Å². The molecule has 0 aliphatic rings. The van der Waals surface area contributed by atoms with Gasteiger partial charge in [0, 0.05) is 19.5 Å². The summed E-state index contributed by atoms with van der Waals surface area (Å²) in [6.07, 6.45) is -0.143. The van der Waals surface area contributed by atoms with Crippen molar-refractivity contribution in [3.63, 3.8) is 0 Å². The van der Waals surface area contributed by atoms with Gasteiger partial charge >= 0.3 is 5.97 Å². The van der Waals surface area contributed by atoms with Crippen molar-refractivity contribution in [3.8, 4) is 0 Å². The molecule has 21 heavy (non-hydrogen) atoms. The Labute approximate surface area is 126 Å². The molecule has 0 radical (unpaired) electrons. The van der Waals surface area contributed by atoms with Crippen LogP contribution in [0.25, 0.3) is 0 Å². The molecule has 0 fully saturated rings. The minimum absolute atomic E-state index is 0.143. The predicted octanol–water partition coefficient (Wildman–Crippen LogP) is 1.50. The van der Waals surface area contributed by atoms with Crippen LogP contribution >= 0.6 is 0 Å². The zero-order chi connectivity index (χ0) is 16.8. The van der Waals surface area contributed by atoms with Crippen molar-refractivity contribution >= 4 is 17.8 Å². The number of carboxylic acids is 1. The van der Waals surface area contributed by atoms with Crippen molar-refractivity contribution in [3.05, 3.63) is 0 Å². The van der Waals surface area contributed by atoms with Gasteiger partial charge in [-0.2, -0.15) is 0 Å². The van der Waals surface area contributed by atoms with Gasteiger partial charge in [-0.05, 0) is 33.6 Å². The quantitative estimate of drug-likeness (QED) is 0.711. The summed E-state index contributed by atoms with van der Waals surface area (Å²) in [6, 6.07) is -0.650.